The van der Waals surface area contributed by atoms with Gasteiger partial charge >= 0.3 is 5.69 Å². The SMILES string of the molecule is N[C@@H](c1ccc(F)c([N+](=O)[O-])c1)C1CCNCC1. The molecule has 1 saturated heterocycles. The molecule has 6 heteroatoms. The van der Waals surface area contributed by atoms with E-state index in [-0.39, 0.29) is 12.0 Å². The van der Waals surface area contributed by atoms with Crippen LogP contribution in [-0.2, 0) is 0 Å². The molecule has 0 aliphatic carbocycles. The van der Waals surface area contributed by atoms with Crippen molar-refractivity contribution in [1.82, 2.24) is 5.32 Å². The van der Waals surface area contributed by atoms with E-state index >= 15 is 0 Å². The number of rotatable bonds is 3. The number of piperidine rings is 1. The average molecular weight is 253 g/mol. The highest BCUT2D eigenvalue weighted by molar-refractivity contribution is 5.37. The fourth-order valence-electron chi connectivity index (χ4n) is 2.35. The molecule has 1 atom stereocenters. The molecule has 1 heterocycles. The first-order valence-electron chi connectivity index (χ1n) is 5.99. The van der Waals surface area contributed by atoms with Gasteiger partial charge in [-0.05, 0) is 43.5 Å². The van der Waals surface area contributed by atoms with Gasteiger partial charge < -0.3 is 11.1 Å². The van der Waals surface area contributed by atoms with Gasteiger partial charge in [-0.2, -0.15) is 4.39 Å². The van der Waals surface area contributed by atoms with E-state index in [1.165, 1.54) is 12.1 Å². The van der Waals surface area contributed by atoms with Crippen molar-refractivity contribution in [3.05, 3.63) is 39.7 Å². The summed E-state index contributed by atoms with van der Waals surface area (Å²) in [6.07, 6.45) is 1.87. The molecule has 0 spiro atoms. The van der Waals surface area contributed by atoms with Crippen LogP contribution in [-0.4, -0.2) is 18.0 Å². The third kappa shape index (κ3) is 2.65. The molecule has 0 aromatic heterocycles. The minimum absolute atomic E-state index is 0.272. The van der Waals surface area contributed by atoms with Gasteiger partial charge in [0.2, 0.25) is 5.82 Å². The number of nitro groups is 1. The van der Waals surface area contributed by atoms with Crippen LogP contribution in [0.25, 0.3) is 0 Å². The Morgan fingerprint density at radius 1 is 1.44 bits per heavy atom. The number of benzene rings is 1. The second-order valence-corrected chi connectivity index (χ2v) is 4.58. The Kier molecular flexibility index (Phi) is 3.88. The van der Waals surface area contributed by atoms with E-state index < -0.39 is 16.4 Å². The molecule has 0 bridgehead atoms. The summed E-state index contributed by atoms with van der Waals surface area (Å²) < 4.78 is 13.2. The lowest BCUT2D eigenvalue weighted by Gasteiger charge is -2.28. The second-order valence-electron chi connectivity index (χ2n) is 4.58. The first kappa shape index (κ1) is 12.9. The van der Waals surface area contributed by atoms with Crippen molar-refractivity contribution in [3.63, 3.8) is 0 Å². The summed E-state index contributed by atoms with van der Waals surface area (Å²) in [5, 5.41) is 13.9. The van der Waals surface area contributed by atoms with Crippen LogP contribution in [0.1, 0.15) is 24.4 Å². The maximum Gasteiger partial charge on any atom is 0.305 e. The molecule has 1 aromatic rings. The zero-order valence-corrected chi connectivity index (χ0v) is 9.93. The molecule has 0 saturated carbocycles. The van der Waals surface area contributed by atoms with Crippen LogP contribution >= 0.6 is 0 Å². The Hall–Kier alpha value is -1.53. The molecule has 18 heavy (non-hydrogen) atoms. The number of nitrogens with two attached hydrogens (primary N) is 1. The fourth-order valence-corrected chi connectivity index (χ4v) is 2.35. The average Bonchev–Trinajstić information content (AvgIpc) is 2.39. The van der Waals surface area contributed by atoms with Gasteiger partial charge in [-0.25, -0.2) is 0 Å². The molecule has 0 unspecified atom stereocenters. The van der Waals surface area contributed by atoms with Crippen molar-refractivity contribution in [2.45, 2.75) is 18.9 Å². The molecule has 5 nitrogen and oxygen atoms in total. The Morgan fingerprint density at radius 2 is 2.11 bits per heavy atom. The lowest BCUT2D eigenvalue weighted by Crippen LogP contribution is -2.33. The topological polar surface area (TPSA) is 81.2 Å². The van der Waals surface area contributed by atoms with Crippen LogP contribution in [0.5, 0.6) is 0 Å². The quantitative estimate of drug-likeness (QED) is 0.635. The molecule has 1 aromatic carbocycles. The predicted octanol–water partition coefficient (Wildman–Crippen LogP) is 1.73. The van der Waals surface area contributed by atoms with Crippen LogP contribution < -0.4 is 11.1 Å². The smallest absolute Gasteiger partial charge is 0.305 e. The van der Waals surface area contributed by atoms with E-state index in [0.29, 0.717) is 5.56 Å². The number of hydrogen-bond donors (Lipinski definition) is 2. The maximum atomic E-state index is 13.2. The summed E-state index contributed by atoms with van der Waals surface area (Å²) in [6, 6.07) is 3.64. The van der Waals surface area contributed by atoms with Crippen LogP contribution in [0, 0.1) is 21.8 Å². The van der Waals surface area contributed by atoms with E-state index in [1.807, 2.05) is 0 Å². The lowest BCUT2D eigenvalue weighted by molar-refractivity contribution is -0.387. The molecule has 2 rings (SSSR count). The molecular formula is C12H16FN3O2. The molecule has 3 N–H and O–H groups in total. The predicted molar refractivity (Wildman–Crippen MR) is 65.6 cm³/mol. The zero-order valence-electron chi connectivity index (χ0n) is 9.93. The Morgan fingerprint density at radius 3 is 2.72 bits per heavy atom. The largest absolute Gasteiger partial charge is 0.324 e. The van der Waals surface area contributed by atoms with Gasteiger partial charge in [0, 0.05) is 12.1 Å². The number of hydrogen-bond acceptors (Lipinski definition) is 4. The highest BCUT2D eigenvalue weighted by Gasteiger charge is 2.24. The Bertz CT molecular complexity index is 447. The molecular weight excluding hydrogens is 237 g/mol. The van der Waals surface area contributed by atoms with Crippen molar-refractivity contribution in [2.75, 3.05) is 13.1 Å². The highest BCUT2D eigenvalue weighted by atomic mass is 19.1. The molecule has 0 amide bonds. The van der Waals surface area contributed by atoms with E-state index in [1.54, 1.807) is 0 Å². The van der Waals surface area contributed by atoms with Crippen LogP contribution in [0.3, 0.4) is 0 Å². The minimum Gasteiger partial charge on any atom is -0.324 e. The van der Waals surface area contributed by atoms with Crippen molar-refractivity contribution in [3.8, 4) is 0 Å². The van der Waals surface area contributed by atoms with Crippen molar-refractivity contribution < 1.29 is 9.31 Å². The molecule has 1 aliphatic heterocycles. The van der Waals surface area contributed by atoms with Gasteiger partial charge in [0.05, 0.1) is 4.92 Å². The summed E-state index contributed by atoms with van der Waals surface area (Å²) in [4.78, 5) is 9.97. The summed E-state index contributed by atoms with van der Waals surface area (Å²) >= 11 is 0. The second kappa shape index (κ2) is 5.41. The summed E-state index contributed by atoms with van der Waals surface area (Å²) in [5.74, 6) is -0.530. The van der Waals surface area contributed by atoms with Crippen LogP contribution in [0.4, 0.5) is 10.1 Å². The first-order chi connectivity index (χ1) is 8.59. The normalized spacial score (nSPS) is 18.6. The monoisotopic (exact) mass is 253 g/mol. The van der Waals surface area contributed by atoms with E-state index in [4.69, 9.17) is 5.73 Å². The van der Waals surface area contributed by atoms with Crippen molar-refractivity contribution in [2.24, 2.45) is 11.7 Å². The van der Waals surface area contributed by atoms with Gasteiger partial charge in [0.25, 0.3) is 0 Å². The highest BCUT2D eigenvalue weighted by Crippen LogP contribution is 2.29. The molecule has 1 aliphatic rings. The van der Waals surface area contributed by atoms with E-state index in [0.717, 1.165) is 32.0 Å². The summed E-state index contributed by atoms with van der Waals surface area (Å²) in [7, 11) is 0. The number of nitrogens with one attached hydrogen (secondary N) is 1. The van der Waals surface area contributed by atoms with Gasteiger partial charge in [-0.1, -0.05) is 6.07 Å². The molecule has 98 valence electrons. The van der Waals surface area contributed by atoms with Crippen LogP contribution in [0.15, 0.2) is 18.2 Å². The van der Waals surface area contributed by atoms with Gasteiger partial charge in [0.1, 0.15) is 0 Å². The van der Waals surface area contributed by atoms with Crippen LogP contribution in [0.2, 0.25) is 0 Å². The third-order valence-electron chi connectivity index (χ3n) is 3.44. The van der Waals surface area contributed by atoms with Crippen molar-refractivity contribution in [1.29, 1.82) is 0 Å². The summed E-state index contributed by atoms with van der Waals surface area (Å²) in [5.41, 5.74) is 6.25. The zero-order chi connectivity index (χ0) is 13.1. The number of nitro benzene ring substituents is 1. The van der Waals surface area contributed by atoms with E-state index in [2.05, 4.69) is 5.32 Å². The lowest BCUT2D eigenvalue weighted by atomic mass is 9.86. The summed E-state index contributed by atoms with van der Waals surface area (Å²) in [6.45, 7) is 1.81. The fraction of sp³-hybridized carbons (Fsp3) is 0.500. The van der Waals surface area contributed by atoms with Gasteiger partial charge in [-0.15, -0.1) is 0 Å². The van der Waals surface area contributed by atoms with E-state index in [9.17, 15) is 14.5 Å². The number of halogens is 1. The Labute approximate surface area is 104 Å². The maximum absolute atomic E-state index is 13.2. The third-order valence-corrected chi connectivity index (χ3v) is 3.44. The first-order valence-corrected chi connectivity index (χ1v) is 5.99. The van der Waals surface area contributed by atoms with Gasteiger partial charge in [-0.3, -0.25) is 10.1 Å². The van der Waals surface area contributed by atoms with Gasteiger partial charge in [0.15, 0.2) is 0 Å². The number of nitrogens with zero attached hydrogens (tertiary/aromatic N) is 1. The standard InChI is InChI=1S/C12H16FN3O2/c13-10-2-1-9(7-11(10)16(17)18)12(14)8-3-5-15-6-4-8/h1-2,7-8,12,15H,3-6,14H2/t12-/m1/s1. The van der Waals surface area contributed by atoms with Crippen molar-refractivity contribution >= 4 is 5.69 Å². The molecule has 0 radical (unpaired) electrons. The molecule has 1 fully saturated rings. The minimum atomic E-state index is -0.818. The Balaban J connectivity index is 2.21.